The number of rotatable bonds is 7. The lowest BCUT2D eigenvalue weighted by molar-refractivity contribution is 0.0286. The minimum Gasteiger partial charge on any atom is -0.491 e. The molecule has 0 aromatic carbocycles. The van der Waals surface area contributed by atoms with E-state index in [0.717, 1.165) is 18.8 Å². The van der Waals surface area contributed by atoms with Crippen LogP contribution in [0.4, 0.5) is 4.79 Å². The molecular weight excluding hydrogens is 302 g/mol. The third-order valence-electron chi connectivity index (χ3n) is 4.10. The van der Waals surface area contributed by atoms with Crippen LogP contribution in [0.15, 0.2) is 12.3 Å². The average molecular weight is 340 g/mol. The van der Waals surface area contributed by atoms with Gasteiger partial charge in [-0.15, -0.1) is 0 Å². The van der Waals surface area contributed by atoms with Crippen LogP contribution in [0, 0.1) is 5.92 Å². The average Bonchev–Trinajstić information content (AvgIpc) is 2.86. The molecule has 1 aliphatic carbocycles. The van der Waals surface area contributed by atoms with Crippen molar-refractivity contribution >= 4 is 6.09 Å². The molecule has 24 heavy (non-hydrogen) atoms. The molecule has 0 spiro atoms. The molecule has 1 N–H and O–H groups in total. The highest BCUT2D eigenvalue weighted by atomic mass is 16.6. The lowest BCUT2D eigenvalue weighted by Gasteiger charge is -2.29. The van der Waals surface area contributed by atoms with Crippen molar-refractivity contribution < 1.29 is 14.3 Å². The summed E-state index contributed by atoms with van der Waals surface area (Å²) in [6, 6.07) is -0.208. The van der Waals surface area contributed by atoms with Crippen molar-refractivity contribution in [2.75, 3.05) is 0 Å². The molecule has 0 bridgehead atoms. The Bertz CT molecular complexity index is 412. The van der Waals surface area contributed by atoms with Gasteiger partial charge in [0.15, 0.2) is 0 Å². The first-order valence-electron chi connectivity index (χ1n) is 9.33. The van der Waals surface area contributed by atoms with E-state index in [9.17, 15) is 4.79 Å². The van der Waals surface area contributed by atoms with E-state index in [0.29, 0.717) is 5.76 Å². The van der Waals surface area contributed by atoms with E-state index >= 15 is 0 Å². The Morgan fingerprint density at radius 3 is 2.12 bits per heavy atom. The van der Waals surface area contributed by atoms with Gasteiger partial charge in [-0.2, -0.15) is 0 Å². The van der Waals surface area contributed by atoms with E-state index in [4.69, 9.17) is 9.47 Å². The van der Waals surface area contributed by atoms with Crippen LogP contribution in [0.3, 0.4) is 0 Å². The van der Waals surface area contributed by atoms with E-state index in [1.54, 1.807) is 0 Å². The number of ether oxygens (including phenoxy) is 2. The molecule has 0 heterocycles. The topological polar surface area (TPSA) is 47.6 Å². The van der Waals surface area contributed by atoms with Crippen LogP contribution >= 0.6 is 0 Å². The highest BCUT2D eigenvalue weighted by Gasteiger charge is 2.25. The fraction of sp³-hybridized carbons (Fsp3) is 0.850. The number of carbonyl (C=O) groups excluding carboxylic acids is 1. The second kappa shape index (κ2) is 8.77. The fourth-order valence-electron chi connectivity index (χ4n) is 3.14. The van der Waals surface area contributed by atoms with Gasteiger partial charge in [0.05, 0.1) is 6.04 Å². The lowest BCUT2D eigenvalue weighted by Crippen LogP contribution is -2.41. The summed E-state index contributed by atoms with van der Waals surface area (Å²) in [5.74, 6) is 1.46. The van der Waals surface area contributed by atoms with Gasteiger partial charge in [0.2, 0.25) is 0 Å². The number of alkyl carbamates (subject to hydrolysis) is 1. The molecule has 0 aromatic rings. The van der Waals surface area contributed by atoms with Gasteiger partial charge >= 0.3 is 6.09 Å². The second-order valence-electron chi connectivity index (χ2n) is 8.96. The normalized spacial score (nSPS) is 17.4. The predicted octanol–water partition coefficient (Wildman–Crippen LogP) is 5.57. The summed E-state index contributed by atoms with van der Waals surface area (Å²) in [5.41, 5.74) is -0.832. The molecule has 1 saturated carbocycles. The van der Waals surface area contributed by atoms with E-state index in [-0.39, 0.29) is 11.6 Å². The van der Waals surface area contributed by atoms with E-state index in [1.807, 2.05) is 41.5 Å². The van der Waals surface area contributed by atoms with Crippen molar-refractivity contribution in [1.29, 1.82) is 0 Å². The van der Waals surface area contributed by atoms with Gasteiger partial charge in [0.1, 0.15) is 17.0 Å². The summed E-state index contributed by atoms with van der Waals surface area (Å²) in [5, 5.41) is 2.94. The molecule has 0 aliphatic heterocycles. The van der Waals surface area contributed by atoms with E-state index in [2.05, 4.69) is 11.9 Å². The van der Waals surface area contributed by atoms with Gasteiger partial charge in [-0.05, 0) is 53.9 Å². The Kier molecular flexibility index (Phi) is 7.62. The highest BCUT2D eigenvalue weighted by molar-refractivity contribution is 5.68. The third-order valence-corrected chi connectivity index (χ3v) is 4.10. The van der Waals surface area contributed by atoms with Gasteiger partial charge in [0, 0.05) is 0 Å². The number of nitrogens with one attached hydrogen (secondary N) is 1. The van der Waals surface area contributed by atoms with Crippen LogP contribution < -0.4 is 5.32 Å². The molecule has 1 rings (SSSR count). The van der Waals surface area contributed by atoms with Crippen molar-refractivity contribution in [2.45, 2.75) is 104 Å². The predicted molar refractivity (Wildman–Crippen MR) is 98.9 cm³/mol. The van der Waals surface area contributed by atoms with Gasteiger partial charge in [-0.25, -0.2) is 4.79 Å². The summed E-state index contributed by atoms with van der Waals surface area (Å²) in [6.45, 7) is 15.6. The minimum atomic E-state index is -0.509. The minimum absolute atomic E-state index is 0.208. The molecule has 1 aliphatic rings. The van der Waals surface area contributed by atoms with E-state index < -0.39 is 11.7 Å². The quantitative estimate of drug-likeness (QED) is 0.617. The van der Waals surface area contributed by atoms with Gasteiger partial charge < -0.3 is 14.8 Å². The van der Waals surface area contributed by atoms with Crippen molar-refractivity contribution in [3.63, 3.8) is 0 Å². The zero-order chi connectivity index (χ0) is 18.4. The largest absolute Gasteiger partial charge is 0.491 e. The summed E-state index contributed by atoms with van der Waals surface area (Å²) in [6.07, 6.45) is 8.14. The zero-order valence-corrected chi connectivity index (χ0v) is 16.5. The van der Waals surface area contributed by atoms with Crippen LogP contribution in [0.2, 0.25) is 0 Å². The van der Waals surface area contributed by atoms with Crippen molar-refractivity contribution in [1.82, 2.24) is 5.32 Å². The van der Waals surface area contributed by atoms with Crippen LogP contribution in [0.5, 0.6) is 0 Å². The molecule has 1 unspecified atom stereocenters. The smallest absolute Gasteiger partial charge is 0.408 e. The zero-order valence-electron chi connectivity index (χ0n) is 16.5. The Hall–Kier alpha value is -1.19. The summed E-state index contributed by atoms with van der Waals surface area (Å²) in [7, 11) is 0. The monoisotopic (exact) mass is 339 g/mol. The molecule has 4 heteroatoms. The number of amides is 1. The Balaban J connectivity index is 2.56. The molecule has 1 amide bonds. The molecule has 140 valence electrons. The van der Waals surface area contributed by atoms with Crippen LogP contribution in [0.25, 0.3) is 0 Å². The van der Waals surface area contributed by atoms with Gasteiger partial charge in [-0.1, -0.05) is 45.1 Å². The van der Waals surface area contributed by atoms with E-state index in [1.165, 1.54) is 32.1 Å². The molecule has 1 atom stereocenters. The lowest BCUT2D eigenvalue weighted by atomic mass is 9.98. The number of hydrogen-bond donors (Lipinski definition) is 1. The molecule has 0 radical (unpaired) electrons. The third kappa shape index (κ3) is 9.19. The maximum Gasteiger partial charge on any atom is 0.408 e. The summed E-state index contributed by atoms with van der Waals surface area (Å²) in [4.78, 5) is 12.1. The molecule has 0 aromatic heterocycles. The highest BCUT2D eigenvalue weighted by Crippen LogP contribution is 2.29. The molecule has 1 fully saturated rings. The van der Waals surface area contributed by atoms with Crippen LogP contribution in [-0.2, 0) is 9.47 Å². The van der Waals surface area contributed by atoms with Gasteiger partial charge in [0.25, 0.3) is 0 Å². The fourth-order valence-corrected chi connectivity index (χ4v) is 3.14. The van der Waals surface area contributed by atoms with Crippen LogP contribution in [-0.4, -0.2) is 23.3 Å². The Labute approximate surface area is 148 Å². The summed E-state index contributed by atoms with van der Waals surface area (Å²) < 4.78 is 11.3. The summed E-state index contributed by atoms with van der Waals surface area (Å²) >= 11 is 0. The standard InChI is InChI=1S/C20H37NO3/c1-15(23-19(2,3)4)17(21-18(22)24-20(5,6)7)14-10-13-16-11-8-9-12-16/h16-17H,1,8-14H2,2-7H3,(H,21,22). The maximum atomic E-state index is 12.1. The van der Waals surface area contributed by atoms with Crippen molar-refractivity contribution in [3.8, 4) is 0 Å². The first kappa shape index (κ1) is 20.9. The first-order chi connectivity index (χ1) is 11.0. The number of carbonyl (C=O) groups is 1. The van der Waals surface area contributed by atoms with Gasteiger partial charge in [-0.3, -0.25) is 0 Å². The Morgan fingerprint density at radius 2 is 1.62 bits per heavy atom. The van der Waals surface area contributed by atoms with Crippen LogP contribution in [0.1, 0.15) is 86.5 Å². The first-order valence-corrected chi connectivity index (χ1v) is 9.33. The van der Waals surface area contributed by atoms with Crippen molar-refractivity contribution in [2.24, 2.45) is 5.92 Å². The molecular formula is C20H37NO3. The second-order valence-corrected chi connectivity index (χ2v) is 8.96. The molecule has 0 saturated heterocycles. The Morgan fingerprint density at radius 1 is 1.08 bits per heavy atom. The SMILES string of the molecule is C=C(OC(C)(C)C)C(CCCC1CCCC1)NC(=O)OC(C)(C)C. The maximum absolute atomic E-state index is 12.1. The number of hydrogen-bond acceptors (Lipinski definition) is 3. The van der Waals surface area contributed by atoms with Crippen molar-refractivity contribution in [3.05, 3.63) is 12.3 Å². The molecule has 4 nitrogen and oxygen atoms in total.